The van der Waals surface area contributed by atoms with Gasteiger partial charge in [-0.2, -0.15) is 13.2 Å². The number of aryl methyl sites for hydroxylation is 1. The fraction of sp³-hybridized carbons (Fsp3) is 0.103. The second kappa shape index (κ2) is 11.4. The zero-order valence-electron chi connectivity index (χ0n) is 20.3. The molecular weight excluding hydrogens is 511 g/mol. The third-order valence-electron chi connectivity index (χ3n) is 5.68. The maximum Gasteiger partial charge on any atom is 0.416 e. The number of nitrogens with two attached hydrogens (primary N) is 1. The van der Waals surface area contributed by atoms with Crippen LogP contribution in [0.4, 0.5) is 24.5 Å². The second-order valence-electron chi connectivity index (χ2n) is 8.58. The molecule has 5 nitrogen and oxygen atoms in total. The minimum Gasteiger partial charge on any atom is -0.397 e. The van der Waals surface area contributed by atoms with Crippen LogP contribution in [-0.2, 0) is 17.5 Å². The van der Waals surface area contributed by atoms with Crippen molar-refractivity contribution in [2.75, 3.05) is 11.1 Å². The van der Waals surface area contributed by atoms with E-state index >= 15 is 0 Å². The Labute approximate surface area is 221 Å². The van der Waals surface area contributed by atoms with E-state index in [-0.39, 0.29) is 18.0 Å². The number of halogens is 3. The molecule has 0 aliphatic heterocycles. The van der Waals surface area contributed by atoms with Gasteiger partial charge in [0.15, 0.2) is 0 Å². The summed E-state index contributed by atoms with van der Waals surface area (Å²) in [6, 6.07) is 20.0. The number of alkyl halides is 3. The van der Waals surface area contributed by atoms with E-state index in [4.69, 9.17) is 5.73 Å². The van der Waals surface area contributed by atoms with Crippen molar-refractivity contribution < 1.29 is 22.8 Å². The summed E-state index contributed by atoms with van der Waals surface area (Å²) in [6.07, 6.45) is -2.80. The predicted octanol–water partition coefficient (Wildman–Crippen LogP) is 6.77. The maximum atomic E-state index is 13.1. The first-order chi connectivity index (χ1) is 18.1. The number of rotatable bonds is 7. The fourth-order valence-corrected chi connectivity index (χ4v) is 4.48. The van der Waals surface area contributed by atoms with Gasteiger partial charge in [-0.1, -0.05) is 36.4 Å². The molecule has 0 fully saturated rings. The van der Waals surface area contributed by atoms with Crippen molar-refractivity contribution in [3.63, 3.8) is 0 Å². The summed E-state index contributed by atoms with van der Waals surface area (Å²) in [5.41, 5.74) is 8.85. The van der Waals surface area contributed by atoms with Crippen molar-refractivity contribution in [3.8, 4) is 0 Å². The van der Waals surface area contributed by atoms with E-state index in [0.717, 1.165) is 28.1 Å². The van der Waals surface area contributed by atoms with Crippen LogP contribution in [0.15, 0.2) is 84.2 Å². The van der Waals surface area contributed by atoms with Crippen LogP contribution in [-0.4, -0.2) is 11.8 Å². The van der Waals surface area contributed by atoms with Gasteiger partial charge in [-0.3, -0.25) is 9.59 Å². The molecule has 1 heterocycles. The van der Waals surface area contributed by atoms with E-state index in [1.807, 2.05) is 18.4 Å². The number of carbonyl (C=O) groups excluding carboxylic acids is 2. The lowest BCUT2D eigenvalue weighted by Crippen LogP contribution is -2.24. The Hall–Kier alpha value is -4.37. The number of anilines is 2. The van der Waals surface area contributed by atoms with Gasteiger partial charge in [0.1, 0.15) is 0 Å². The van der Waals surface area contributed by atoms with E-state index in [0.29, 0.717) is 22.5 Å². The first-order valence-corrected chi connectivity index (χ1v) is 12.5. The molecule has 0 aliphatic carbocycles. The first kappa shape index (κ1) is 26.7. The molecule has 0 atom stereocenters. The van der Waals surface area contributed by atoms with Gasteiger partial charge >= 0.3 is 6.18 Å². The predicted molar refractivity (Wildman–Crippen MR) is 145 cm³/mol. The van der Waals surface area contributed by atoms with Crippen LogP contribution < -0.4 is 16.4 Å². The molecule has 194 valence electrons. The molecule has 0 saturated heterocycles. The summed E-state index contributed by atoms with van der Waals surface area (Å²) in [5.74, 6) is -0.755. The second-order valence-corrected chi connectivity index (χ2v) is 9.52. The first-order valence-electron chi connectivity index (χ1n) is 11.6. The molecule has 3 aromatic carbocycles. The molecule has 0 bridgehead atoms. The van der Waals surface area contributed by atoms with E-state index in [1.54, 1.807) is 54.6 Å². The number of hydrogen-bond donors (Lipinski definition) is 3. The number of amides is 2. The minimum absolute atomic E-state index is 0.161. The fourth-order valence-electron chi connectivity index (χ4n) is 3.65. The highest BCUT2D eigenvalue weighted by Crippen LogP contribution is 2.31. The molecule has 9 heteroatoms. The summed E-state index contributed by atoms with van der Waals surface area (Å²) in [7, 11) is 0. The molecule has 4 aromatic rings. The smallest absolute Gasteiger partial charge is 0.397 e. The lowest BCUT2D eigenvalue weighted by Gasteiger charge is -2.12. The van der Waals surface area contributed by atoms with Gasteiger partial charge in [0.2, 0.25) is 0 Å². The monoisotopic (exact) mass is 535 g/mol. The molecule has 0 aliphatic rings. The standard InChI is InChI=1S/C29H24F3N3O2S/c1-18-14-23(38-17-18)15-24(20-10-12-22(13-11-20)29(30,31)32)28(37)34-16-19-6-8-21(9-7-19)27(36)35-26-5-3-2-4-25(26)33/h2-15,17H,16,33H2,1H3,(H,34,37)(H,35,36). The zero-order valence-corrected chi connectivity index (χ0v) is 21.1. The third kappa shape index (κ3) is 6.68. The SMILES string of the molecule is Cc1csc(C=C(C(=O)NCc2ccc(C(=O)Nc3ccccc3N)cc2)c2ccc(C(F)(F)F)cc2)c1. The van der Waals surface area contributed by atoms with Gasteiger partial charge in [-0.25, -0.2) is 0 Å². The van der Waals surface area contributed by atoms with Crippen LogP contribution in [0, 0.1) is 6.92 Å². The average molecular weight is 536 g/mol. The highest BCUT2D eigenvalue weighted by atomic mass is 32.1. The molecule has 0 saturated carbocycles. The van der Waals surface area contributed by atoms with Crippen molar-refractivity contribution in [2.45, 2.75) is 19.6 Å². The van der Waals surface area contributed by atoms with Gasteiger partial charge < -0.3 is 16.4 Å². The molecule has 0 unspecified atom stereocenters. The molecule has 38 heavy (non-hydrogen) atoms. The van der Waals surface area contributed by atoms with Crippen LogP contribution in [0.2, 0.25) is 0 Å². The highest BCUT2D eigenvalue weighted by molar-refractivity contribution is 7.11. The van der Waals surface area contributed by atoms with Gasteiger partial charge in [0.25, 0.3) is 11.8 Å². The Morgan fingerprint density at radius 3 is 2.21 bits per heavy atom. The van der Waals surface area contributed by atoms with Gasteiger partial charge in [0, 0.05) is 22.6 Å². The summed E-state index contributed by atoms with van der Waals surface area (Å²) in [6.45, 7) is 2.08. The summed E-state index contributed by atoms with van der Waals surface area (Å²) in [5, 5.41) is 7.51. The zero-order chi connectivity index (χ0) is 27.3. The van der Waals surface area contributed by atoms with Gasteiger partial charge in [-0.15, -0.1) is 11.3 Å². The van der Waals surface area contributed by atoms with Crippen molar-refractivity contribution in [2.24, 2.45) is 0 Å². The third-order valence-corrected chi connectivity index (χ3v) is 6.68. The maximum absolute atomic E-state index is 13.1. The number of thiophene rings is 1. The Kier molecular flexibility index (Phi) is 7.97. The molecule has 0 spiro atoms. The minimum atomic E-state index is -4.47. The Bertz CT molecular complexity index is 1470. The Balaban J connectivity index is 1.47. The molecule has 4 rings (SSSR count). The van der Waals surface area contributed by atoms with E-state index in [2.05, 4.69) is 10.6 Å². The van der Waals surface area contributed by atoms with E-state index < -0.39 is 17.6 Å². The topological polar surface area (TPSA) is 84.2 Å². The Morgan fingerprint density at radius 2 is 1.61 bits per heavy atom. The van der Waals surface area contributed by atoms with Gasteiger partial charge in [0.05, 0.1) is 16.9 Å². The summed E-state index contributed by atoms with van der Waals surface area (Å²) < 4.78 is 39.1. The normalized spacial score (nSPS) is 11.7. The summed E-state index contributed by atoms with van der Waals surface area (Å²) >= 11 is 1.44. The van der Waals surface area contributed by atoms with Crippen LogP contribution in [0.25, 0.3) is 11.6 Å². The lowest BCUT2D eigenvalue weighted by molar-refractivity contribution is -0.137. The quantitative estimate of drug-likeness (QED) is 0.180. The van der Waals surface area contributed by atoms with Crippen LogP contribution >= 0.6 is 11.3 Å². The molecule has 2 amide bonds. The largest absolute Gasteiger partial charge is 0.416 e. The number of carbonyl (C=O) groups is 2. The van der Waals surface area contributed by atoms with Crippen molar-refractivity contribution in [1.82, 2.24) is 5.32 Å². The highest BCUT2D eigenvalue weighted by Gasteiger charge is 2.30. The van der Waals surface area contributed by atoms with Crippen LogP contribution in [0.5, 0.6) is 0 Å². The Morgan fingerprint density at radius 1 is 0.947 bits per heavy atom. The molecule has 0 radical (unpaired) electrons. The van der Waals surface area contributed by atoms with Gasteiger partial charge in [-0.05, 0) is 77.5 Å². The van der Waals surface area contributed by atoms with E-state index in [9.17, 15) is 22.8 Å². The number of benzene rings is 3. The van der Waals surface area contributed by atoms with Crippen molar-refractivity contribution >= 4 is 46.2 Å². The van der Waals surface area contributed by atoms with Crippen LogP contribution in [0.3, 0.4) is 0 Å². The van der Waals surface area contributed by atoms with Crippen molar-refractivity contribution in [3.05, 3.63) is 117 Å². The molecular formula is C29H24F3N3O2S. The lowest BCUT2D eigenvalue weighted by atomic mass is 10.0. The number of hydrogen-bond acceptors (Lipinski definition) is 4. The van der Waals surface area contributed by atoms with Crippen LogP contribution in [0.1, 0.15) is 37.5 Å². The average Bonchev–Trinajstić information content (AvgIpc) is 3.31. The molecule has 4 N–H and O–H groups in total. The number of nitrogens with one attached hydrogen (secondary N) is 2. The summed E-state index contributed by atoms with van der Waals surface area (Å²) in [4.78, 5) is 26.5. The number of para-hydroxylation sites is 2. The molecule has 1 aromatic heterocycles. The van der Waals surface area contributed by atoms with Crippen molar-refractivity contribution in [1.29, 1.82) is 0 Å². The van der Waals surface area contributed by atoms with E-state index in [1.165, 1.54) is 23.5 Å². The number of nitrogen functional groups attached to an aromatic ring is 1.